The Kier molecular flexibility index (Phi) is 5.74. The maximum atomic E-state index is 10.9. The van der Waals surface area contributed by atoms with Crippen LogP contribution < -0.4 is 10.5 Å². The molecule has 0 fully saturated rings. The predicted octanol–water partition coefficient (Wildman–Crippen LogP) is 1.39. The highest BCUT2D eigenvalue weighted by molar-refractivity contribution is 5.69. The van der Waals surface area contributed by atoms with Crippen molar-refractivity contribution < 1.29 is 19.2 Å². The third-order valence-electron chi connectivity index (χ3n) is 2.47. The summed E-state index contributed by atoms with van der Waals surface area (Å²) in [4.78, 5) is 21.2. The number of nitro benzene ring substituents is 1. The molecule has 0 amide bonds. The zero-order valence-electron chi connectivity index (χ0n) is 10.6. The van der Waals surface area contributed by atoms with Gasteiger partial charge in [-0.15, -0.1) is 0 Å². The molecule has 19 heavy (non-hydrogen) atoms. The lowest BCUT2D eigenvalue weighted by atomic mass is 10.2. The van der Waals surface area contributed by atoms with Gasteiger partial charge < -0.3 is 15.2 Å². The van der Waals surface area contributed by atoms with Gasteiger partial charge in [-0.2, -0.15) is 0 Å². The van der Waals surface area contributed by atoms with Crippen LogP contribution in [0.2, 0.25) is 0 Å². The summed E-state index contributed by atoms with van der Waals surface area (Å²) in [6.45, 7) is 0.473. The third kappa shape index (κ3) is 4.55. The highest BCUT2D eigenvalue weighted by Crippen LogP contribution is 2.28. The first-order valence-corrected chi connectivity index (χ1v) is 5.75. The van der Waals surface area contributed by atoms with E-state index in [9.17, 15) is 14.9 Å². The van der Waals surface area contributed by atoms with E-state index in [-0.39, 0.29) is 37.0 Å². The standard InChI is InChI=1S/C12H16N2O5/c1-18-12(15)3-2-6-19-11-7-9(8-13)4-5-10(11)14(16)17/h4-5,7H,2-3,6,8,13H2,1H3. The Morgan fingerprint density at radius 2 is 2.21 bits per heavy atom. The van der Waals surface area contributed by atoms with Gasteiger partial charge in [0.15, 0.2) is 5.75 Å². The maximum Gasteiger partial charge on any atom is 0.310 e. The molecule has 7 nitrogen and oxygen atoms in total. The van der Waals surface area contributed by atoms with E-state index in [2.05, 4.69) is 4.74 Å². The van der Waals surface area contributed by atoms with E-state index in [1.807, 2.05) is 0 Å². The van der Waals surface area contributed by atoms with Crippen LogP contribution in [0.4, 0.5) is 5.69 Å². The van der Waals surface area contributed by atoms with E-state index in [0.29, 0.717) is 6.42 Å². The quantitative estimate of drug-likeness (QED) is 0.346. The molecule has 0 spiro atoms. The maximum absolute atomic E-state index is 10.9. The molecule has 0 aliphatic rings. The van der Waals surface area contributed by atoms with E-state index in [4.69, 9.17) is 10.5 Å². The number of nitrogens with zero attached hydrogens (tertiary/aromatic N) is 1. The summed E-state index contributed by atoms with van der Waals surface area (Å²) in [5.41, 5.74) is 6.10. The van der Waals surface area contributed by atoms with Gasteiger partial charge in [0.2, 0.25) is 0 Å². The largest absolute Gasteiger partial charge is 0.487 e. The summed E-state index contributed by atoms with van der Waals surface area (Å²) in [7, 11) is 1.30. The monoisotopic (exact) mass is 268 g/mol. The summed E-state index contributed by atoms with van der Waals surface area (Å²) >= 11 is 0. The second-order valence-corrected chi connectivity index (χ2v) is 3.79. The molecular weight excluding hydrogens is 252 g/mol. The lowest BCUT2D eigenvalue weighted by Gasteiger charge is -2.07. The average Bonchev–Trinajstić information content (AvgIpc) is 2.42. The Morgan fingerprint density at radius 3 is 2.79 bits per heavy atom. The molecule has 0 saturated heterocycles. The molecule has 2 N–H and O–H groups in total. The normalized spacial score (nSPS) is 10.0. The van der Waals surface area contributed by atoms with Gasteiger partial charge in [0.1, 0.15) is 0 Å². The molecule has 0 saturated carbocycles. The summed E-state index contributed by atoms with van der Waals surface area (Å²) in [5, 5.41) is 10.8. The number of hydrogen-bond acceptors (Lipinski definition) is 6. The molecule has 7 heteroatoms. The molecule has 0 radical (unpaired) electrons. The number of carbonyl (C=O) groups is 1. The van der Waals surface area contributed by atoms with Crippen molar-refractivity contribution in [1.29, 1.82) is 0 Å². The van der Waals surface area contributed by atoms with E-state index in [1.54, 1.807) is 6.07 Å². The van der Waals surface area contributed by atoms with Crippen LogP contribution in [-0.4, -0.2) is 24.6 Å². The van der Waals surface area contributed by atoms with Crippen LogP contribution in [0.25, 0.3) is 0 Å². The first-order chi connectivity index (χ1) is 9.08. The van der Waals surface area contributed by atoms with Crippen molar-refractivity contribution in [1.82, 2.24) is 0 Å². The van der Waals surface area contributed by atoms with Gasteiger partial charge in [-0.3, -0.25) is 14.9 Å². The van der Waals surface area contributed by atoms with Crippen LogP contribution in [0, 0.1) is 10.1 Å². The fourth-order valence-electron chi connectivity index (χ4n) is 1.45. The summed E-state index contributed by atoms with van der Waals surface area (Å²) in [6.07, 6.45) is 0.636. The number of carbonyl (C=O) groups excluding carboxylic acids is 1. The molecule has 1 aromatic rings. The van der Waals surface area contributed by atoms with Gasteiger partial charge in [-0.25, -0.2) is 0 Å². The van der Waals surface area contributed by atoms with E-state index in [1.165, 1.54) is 19.2 Å². The number of benzene rings is 1. The number of rotatable bonds is 7. The highest BCUT2D eigenvalue weighted by Gasteiger charge is 2.15. The molecule has 0 heterocycles. The smallest absolute Gasteiger partial charge is 0.310 e. The van der Waals surface area contributed by atoms with Crippen LogP contribution in [-0.2, 0) is 16.1 Å². The Balaban J connectivity index is 2.64. The first-order valence-electron chi connectivity index (χ1n) is 5.75. The zero-order chi connectivity index (χ0) is 14.3. The van der Waals surface area contributed by atoms with Crippen molar-refractivity contribution in [3.8, 4) is 5.75 Å². The van der Waals surface area contributed by atoms with Crippen molar-refractivity contribution >= 4 is 11.7 Å². The first kappa shape index (κ1) is 14.9. The molecule has 0 atom stereocenters. The van der Waals surface area contributed by atoms with E-state index >= 15 is 0 Å². The Hall–Kier alpha value is -2.15. The Bertz CT molecular complexity index is 461. The predicted molar refractivity (Wildman–Crippen MR) is 67.7 cm³/mol. The fourth-order valence-corrected chi connectivity index (χ4v) is 1.45. The minimum atomic E-state index is -0.518. The highest BCUT2D eigenvalue weighted by atomic mass is 16.6. The lowest BCUT2D eigenvalue weighted by Crippen LogP contribution is -2.06. The van der Waals surface area contributed by atoms with Gasteiger partial charge >= 0.3 is 11.7 Å². The molecule has 104 valence electrons. The van der Waals surface area contributed by atoms with E-state index in [0.717, 1.165) is 5.56 Å². The number of nitrogens with two attached hydrogens (primary N) is 1. The fraction of sp³-hybridized carbons (Fsp3) is 0.417. The minimum Gasteiger partial charge on any atom is -0.487 e. The van der Waals surface area contributed by atoms with Crippen molar-refractivity contribution in [2.45, 2.75) is 19.4 Å². The van der Waals surface area contributed by atoms with Gasteiger partial charge in [0.05, 0.1) is 18.6 Å². The number of hydrogen-bond donors (Lipinski definition) is 1. The molecule has 0 unspecified atom stereocenters. The molecule has 1 aromatic carbocycles. The Labute approximate surface area is 110 Å². The average molecular weight is 268 g/mol. The van der Waals surface area contributed by atoms with Crippen LogP contribution in [0.5, 0.6) is 5.75 Å². The van der Waals surface area contributed by atoms with Gasteiger partial charge in [0.25, 0.3) is 0 Å². The van der Waals surface area contributed by atoms with Crippen molar-refractivity contribution in [2.75, 3.05) is 13.7 Å². The zero-order valence-corrected chi connectivity index (χ0v) is 10.6. The number of nitro groups is 1. The van der Waals surface area contributed by atoms with Gasteiger partial charge in [-0.1, -0.05) is 6.07 Å². The van der Waals surface area contributed by atoms with Gasteiger partial charge in [0, 0.05) is 19.0 Å². The molecule has 0 aliphatic carbocycles. The van der Waals surface area contributed by atoms with Crippen LogP contribution >= 0.6 is 0 Å². The summed E-state index contributed by atoms with van der Waals surface area (Å²) in [6, 6.07) is 4.48. The SMILES string of the molecule is COC(=O)CCCOc1cc(CN)ccc1[N+](=O)[O-]. The van der Waals surface area contributed by atoms with Crippen LogP contribution in [0.1, 0.15) is 18.4 Å². The minimum absolute atomic E-state index is 0.115. The molecular formula is C12H16N2O5. The second kappa shape index (κ2) is 7.32. The van der Waals surface area contributed by atoms with Crippen LogP contribution in [0.3, 0.4) is 0 Å². The summed E-state index contributed by atoms with van der Waals surface area (Å²) < 4.78 is 9.81. The topological polar surface area (TPSA) is 105 Å². The summed E-state index contributed by atoms with van der Waals surface area (Å²) in [5.74, 6) is -0.174. The third-order valence-corrected chi connectivity index (χ3v) is 2.47. The molecule has 0 aromatic heterocycles. The second-order valence-electron chi connectivity index (χ2n) is 3.79. The van der Waals surface area contributed by atoms with Crippen molar-refractivity contribution in [3.63, 3.8) is 0 Å². The number of methoxy groups -OCH3 is 1. The lowest BCUT2D eigenvalue weighted by molar-refractivity contribution is -0.385. The van der Waals surface area contributed by atoms with Crippen molar-refractivity contribution in [2.24, 2.45) is 5.73 Å². The number of ether oxygens (including phenoxy) is 2. The van der Waals surface area contributed by atoms with Crippen LogP contribution in [0.15, 0.2) is 18.2 Å². The number of esters is 1. The van der Waals surface area contributed by atoms with E-state index < -0.39 is 4.92 Å². The van der Waals surface area contributed by atoms with Gasteiger partial charge in [-0.05, 0) is 18.1 Å². The van der Waals surface area contributed by atoms with Crippen molar-refractivity contribution in [3.05, 3.63) is 33.9 Å². The Morgan fingerprint density at radius 1 is 1.47 bits per heavy atom. The molecule has 1 rings (SSSR count). The molecule has 0 bridgehead atoms. The molecule has 0 aliphatic heterocycles.